The van der Waals surface area contributed by atoms with Crippen molar-refractivity contribution in [2.75, 3.05) is 27.9 Å². The molecule has 1 N–H and O–H groups in total. The molecular weight excluding hydrogens is 288 g/mol. The number of hydrogen-bond acceptors (Lipinski definition) is 6. The Morgan fingerprint density at radius 2 is 1.81 bits per heavy atom. The number of aromatic nitrogens is 1. The summed E-state index contributed by atoms with van der Waals surface area (Å²) in [4.78, 5) is 4.42. The van der Waals surface area contributed by atoms with Crippen LogP contribution in [0.2, 0.25) is 0 Å². The van der Waals surface area contributed by atoms with Crippen molar-refractivity contribution in [3.05, 3.63) is 34.3 Å². The van der Waals surface area contributed by atoms with Gasteiger partial charge in [-0.15, -0.1) is 11.3 Å². The van der Waals surface area contributed by atoms with Gasteiger partial charge in [0.1, 0.15) is 22.3 Å². The second kappa shape index (κ2) is 7.28. The lowest BCUT2D eigenvalue weighted by atomic mass is 10.0. The number of rotatable bonds is 7. The van der Waals surface area contributed by atoms with Gasteiger partial charge < -0.3 is 19.5 Å². The zero-order valence-electron chi connectivity index (χ0n) is 12.7. The molecule has 2 aromatic rings. The minimum atomic E-state index is -0.0780. The first-order chi connectivity index (χ1) is 10.2. The summed E-state index contributed by atoms with van der Waals surface area (Å²) >= 11 is 1.60. The van der Waals surface area contributed by atoms with Crippen LogP contribution >= 0.6 is 11.3 Å². The minimum Gasteiger partial charge on any atom is -0.496 e. The first-order valence-corrected chi connectivity index (χ1v) is 7.55. The van der Waals surface area contributed by atoms with Gasteiger partial charge in [0.15, 0.2) is 0 Å². The predicted molar refractivity (Wildman–Crippen MR) is 83.7 cm³/mol. The lowest BCUT2D eigenvalue weighted by molar-refractivity contribution is 0.362. The fourth-order valence-electron chi connectivity index (χ4n) is 2.21. The number of benzene rings is 1. The van der Waals surface area contributed by atoms with Crippen molar-refractivity contribution < 1.29 is 14.2 Å². The summed E-state index contributed by atoms with van der Waals surface area (Å²) in [6, 6.07) is 3.64. The highest BCUT2D eigenvalue weighted by Gasteiger charge is 2.25. The molecule has 21 heavy (non-hydrogen) atoms. The van der Waals surface area contributed by atoms with Crippen LogP contribution < -0.4 is 19.5 Å². The Hall–Kier alpha value is -1.79. The quantitative estimate of drug-likeness (QED) is 0.852. The van der Waals surface area contributed by atoms with Crippen LogP contribution in [0.4, 0.5) is 0 Å². The van der Waals surface area contributed by atoms with E-state index in [1.54, 1.807) is 38.9 Å². The van der Waals surface area contributed by atoms with E-state index in [4.69, 9.17) is 14.2 Å². The molecule has 114 valence electrons. The molecule has 1 aromatic carbocycles. The molecule has 0 aliphatic rings. The van der Waals surface area contributed by atoms with Crippen molar-refractivity contribution in [2.45, 2.75) is 13.0 Å². The van der Waals surface area contributed by atoms with E-state index in [9.17, 15) is 0 Å². The molecule has 1 unspecified atom stereocenters. The molecule has 0 radical (unpaired) electrons. The van der Waals surface area contributed by atoms with Crippen LogP contribution in [0.15, 0.2) is 23.7 Å². The van der Waals surface area contributed by atoms with Crippen LogP contribution in [0.1, 0.15) is 23.5 Å². The van der Waals surface area contributed by atoms with Gasteiger partial charge >= 0.3 is 0 Å². The molecule has 6 heteroatoms. The zero-order chi connectivity index (χ0) is 15.2. The zero-order valence-corrected chi connectivity index (χ0v) is 13.5. The Kier molecular flexibility index (Phi) is 5.41. The fourth-order valence-corrected chi connectivity index (χ4v) is 2.93. The van der Waals surface area contributed by atoms with Crippen LogP contribution in [-0.2, 0) is 0 Å². The smallest absolute Gasteiger partial charge is 0.131 e. The standard InChI is InChI=1S/C15H20N2O3S/c1-5-16-14(15-17-6-7-21-15)13-11(19-3)8-10(18-2)9-12(13)20-4/h6-9,14,16H,5H2,1-4H3. The van der Waals surface area contributed by atoms with Gasteiger partial charge in [-0.1, -0.05) is 6.92 Å². The Bertz CT molecular complexity index is 547. The largest absolute Gasteiger partial charge is 0.496 e. The third-order valence-electron chi connectivity index (χ3n) is 3.15. The van der Waals surface area contributed by atoms with Crippen LogP contribution in [0.3, 0.4) is 0 Å². The Morgan fingerprint density at radius 1 is 1.14 bits per heavy atom. The van der Waals surface area contributed by atoms with Crippen molar-refractivity contribution in [3.8, 4) is 17.2 Å². The van der Waals surface area contributed by atoms with Gasteiger partial charge in [0.2, 0.25) is 0 Å². The van der Waals surface area contributed by atoms with E-state index in [2.05, 4.69) is 17.2 Å². The Morgan fingerprint density at radius 3 is 2.24 bits per heavy atom. The van der Waals surface area contributed by atoms with Crippen LogP contribution in [0.25, 0.3) is 0 Å². The molecule has 1 heterocycles. The summed E-state index contributed by atoms with van der Waals surface area (Å²) in [6.45, 7) is 2.87. The van der Waals surface area contributed by atoms with Gasteiger partial charge in [0.05, 0.1) is 32.9 Å². The van der Waals surface area contributed by atoms with Crippen LogP contribution in [0, 0.1) is 0 Å². The molecule has 1 aromatic heterocycles. The monoisotopic (exact) mass is 308 g/mol. The number of nitrogens with zero attached hydrogens (tertiary/aromatic N) is 1. The second-order valence-electron chi connectivity index (χ2n) is 4.31. The highest BCUT2D eigenvalue weighted by molar-refractivity contribution is 7.09. The predicted octanol–water partition coefficient (Wildman–Crippen LogP) is 2.87. The summed E-state index contributed by atoms with van der Waals surface area (Å²) in [6.07, 6.45) is 1.80. The van der Waals surface area contributed by atoms with Crippen molar-refractivity contribution in [2.24, 2.45) is 0 Å². The highest BCUT2D eigenvalue weighted by atomic mass is 32.1. The van der Waals surface area contributed by atoms with E-state index >= 15 is 0 Å². The summed E-state index contributed by atoms with van der Waals surface area (Å²) in [5.41, 5.74) is 0.928. The third kappa shape index (κ3) is 3.28. The van der Waals surface area contributed by atoms with Gasteiger partial charge in [-0.05, 0) is 6.54 Å². The Balaban J connectivity index is 2.57. The molecule has 2 rings (SSSR count). The van der Waals surface area contributed by atoms with E-state index in [1.165, 1.54) is 0 Å². The minimum absolute atomic E-state index is 0.0780. The first kappa shape index (κ1) is 15.6. The van der Waals surface area contributed by atoms with Gasteiger partial charge in [-0.3, -0.25) is 0 Å². The van der Waals surface area contributed by atoms with E-state index in [1.807, 2.05) is 17.5 Å². The van der Waals surface area contributed by atoms with Crippen LogP contribution in [0.5, 0.6) is 17.2 Å². The molecule has 0 bridgehead atoms. The van der Waals surface area contributed by atoms with Gasteiger partial charge in [-0.2, -0.15) is 0 Å². The van der Waals surface area contributed by atoms with E-state index in [0.29, 0.717) is 17.2 Å². The third-order valence-corrected chi connectivity index (χ3v) is 3.99. The summed E-state index contributed by atoms with van der Waals surface area (Å²) < 4.78 is 16.4. The molecular formula is C15H20N2O3S. The van der Waals surface area contributed by atoms with Gasteiger partial charge in [0, 0.05) is 23.7 Å². The van der Waals surface area contributed by atoms with E-state index in [-0.39, 0.29) is 6.04 Å². The van der Waals surface area contributed by atoms with E-state index in [0.717, 1.165) is 17.1 Å². The summed E-state index contributed by atoms with van der Waals surface area (Å²) in [7, 11) is 4.90. The number of ether oxygens (including phenoxy) is 3. The average Bonchev–Trinajstić information content (AvgIpc) is 3.05. The summed E-state index contributed by atoms with van der Waals surface area (Å²) in [5.74, 6) is 2.13. The molecule has 0 saturated heterocycles. The van der Waals surface area contributed by atoms with Gasteiger partial charge in [0.25, 0.3) is 0 Å². The summed E-state index contributed by atoms with van der Waals surface area (Å²) in [5, 5.41) is 6.37. The van der Waals surface area contributed by atoms with Crippen molar-refractivity contribution in [1.29, 1.82) is 0 Å². The molecule has 0 aliphatic carbocycles. The molecule has 1 atom stereocenters. The second-order valence-corrected chi connectivity index (χ2v) is 5.23. The van der Waals surface area contributed by atoms with Crippen molar-refractivity contribution in [1.82, 2.24) is 10.3 Å². The maximum atomic E-state index is 5.53. The number of methoxy groups -OCH3 is 3. The number of nitrogens with one attached hydrogen (secondary N) is 1. The average molecular weight is 308 g/mol. The van der Waals surface area contributed by atoms with Gasteiger partial charge in [-0.25, -0.2) is 4.98 Å². The molecule has 0 amide bonds. The lowest BCUT2D eigenvalue weighted by Gasteiger charge is -2.22. The van der Waals surface area contributed by atoms with Crippen LogP contribution in [-0.4, -0.2) is 32.9 Å². The number of hydrogen-bond donors (Lipinski definition) is 1. The SMILES string of the molecule is CCNC(c1nccs1)c1c(OC)cc(OC)cc1OC. The van der Waals surface area contributed by atoms with Crippen molar-refractivity contribution in [3.63, 3.8) is 0 Å². The Labute approximate surface area is 128 Å². The lowest BCUT2D eigenvalue weighted by Crippen LogP contribution is -2.23. The molecule has 0 spiro atoms. The highest BCUT2D eigenvalue weighted by Crippen LogP contribution is 2.41. The fraction of sp³-hybridized carbons (Fsp3) is 0.400. The maximum Gasteiger partial charge on any atom is 0.131 e. The number of thiazole rings is 1. The molecule has 0 aliphatic heterocycles. The molecule has 5 nitrogen and oxygen atoms in total. The molecule has 0 fully saturated rings. The topological polar surface area (TPSA) is 52.6 Å². The normalized spacial score (nSPS) is 12.0. The maximum absolute atomic E-state index is 5.53. The molecule has 0 saturated carbocycles. The van der Waals surface area contributed by atoms with E-state index < -0.39 is 0 Å². The van der Waals surface area contributed by atoms with Crippen molar-refractivity contribution >= 4 is 11.3 Å². The first-order valence-electron chi connectivity index (χ1n) is 6.67.